The fraction of sp³-hybridized carbons (Fsp3) is 0.353. The van der Waals surface area contributed by atoms with Gasteiger partial charge in [-0.1, -0.05) is 38.0 Å². The molecule has 1 aromatic carbocycles. The van der Waals surface area contributed by atoms with E-state index in [2.05, 4.69) is 13.0 Å². The Hall–Kier alpha value is -1.83. The third-order valence-corrected chi connectivity index (χ3v) is 3.93. The number of Topliss-reactive ketones (excluding diaryl/α,β-unsaturated/α-hetero) is 1. The van der Waals surface area contributed by atoms with Gasteiger partial charge in [0.1, 0.15) is 5.76 Å². The number of unbranched alkanes of at least 4 members (excludes halogenated alkanes) is 1. The number of rotatable bonds is 4. The summed E-state index contributed by atoms with van der Waals surface area (Å²) in [5, 5.41) is 0. The molecule has 0 bridgehead atoms. The van der Waals surface area contributed by atoms with Gasteiger partial charge in [-0.25, -0.2) is 0 Å². The van der Waals surface area contributed by atoms with Crippen molar-refractivity contribution < 1.29 is 9.21 Å². The Bertz CT molecular complexity index is 581. The number of fused-ring (bicyclic) bond motifs is 1. The lowest BCUT2D eigenvalue weighted by Gasteiger charge is -2.06. The smallest absolute Gasteiger partial charge is 0.167 e. The minimum Gasteiger partial charge on any atom is -0.464 e. The van der Waals surface area contributed by atoms with Crippen LogP contribution in [0.5, 0.6) is 0 Å². The van der Waals surface area contributed by atoms with Crippen LogP contribution in [0.4, 0.5) is 0 Å². The molecule has 0 spiro atoms. The maximum absolute atomic E-state index is 12.6. The van der Waals surface area contributed by atoms with Crippen LogP contribution in [0.25, 0.3) is 11.3 Å². The Balaban J connectivity index is 1.98. The number of carbonyl (C=O) groups is 1. The Morgan fingerprint density at radius 3 is 2.89 bits per heavy atom. The average molecular weight is 254 g/mol. The summed E-state index contributed by atoms with van der Waals surface area (Å²) in [6.45, 7) is 2.17. The van der Waals surface area contributed by atoms with Gasteiger partial charge in [0.2, 0.25) is 0 Å². The minimum atomic E-state index is 0.172. The molecule has 98 valence electrons. The topological polar surface area (TPSA) is 30.2 Å². The molecule has 1 atom stereocenters. The van der Waals surface area contributed by atoms with Crippen LogP contribution in [0, 0.1) is 5.92 Å². The van der Waals surface area contributed by atoms with E-state index in [0.29, 0.717) is 5.78 Å². The van der Waals surface area contributed by atoms with Gasteiger partial charge in [-0.3, -0.25) is 4.79 Å². The molecule has 1 aliphatic rings. The van der Waals surface area contributed by atoms with Gasteiger partial charge in [-0.2, -0.15) is 0 Å². The lowest BCUT2D eigenvalue weighted by atomic mass is 9.97. The standard InChI is InChI=1S/C17H18O2/c1-2-3-6-13-11-12-7-4-8-14(16(12)17(13)18)15-9-5-10-19-15/h4-5,7-10,13H,2-3,6,11H2,1H3. The highest BCUT2D eigenvalue weighted by Gasteiger charge is 2.32. The van der Waals surface area contributed by atoms with Crippen molar-refractivity contribution in [1.29, 1.82) is 0 Å². The lowest BCUT2D eigenvalue weighted by molar-refractivity contribution is 0.0930. The van der Waals surface area contributed by atoms with E-state index in [0.717, 1.165) is 42.6 Å². The molecular weight excluding hydrogens is 236 g/mol. The van der Waals surface area contributed by atoms with E-state index >= 15 is 0 Å². The van der Waals surface area contributed by atoms with E-state index in [4.69, 9.17) is 4.42 Å². The fourth-order valence-corrected chi connectivity index (χ4v) is 2.94. The van der Waals surface area contributed by atoms with Gasteiger partial charge in [0, 0.05) is 17.0 Å². The Morgan fingerprint density at radius 2 is 2.16 bits per heavy atom. The van der Waals surface area contributed by atoms with E-state index in [9.17, 15) is 4.79 Å². The van der Waals surface area contributed by atoms with Crippen LogP contribution in [-0.4, -0.2) is 5.78 Å². The summed E-state index contributed by atoms with van der Waals surface area (Å²) < 4.78 is 5.46. The zero-order chi connectivity index (χ0) is 13.2. The second-order valence-corrected chi connectivity index (χ2v) is 5.22. The van der Waals surface area contributed by atoms with Gasteiger partial charge in [0.25, 0.3) is 0 Å². The van der Waals surface area contributed by atoms with Crippen molar-refractivity contribution in [1.82, 2.24) is 0 Å². The predicted octanol–water partition coefficient (Wildman–Crippen LogP) is 4.49. The third-order valence-electron chi connectivity index (χ3n) is 3.93. The highest BCUT2D eigenvalue weighted by molar-refractivity contribution is 6.07. The van der Waals surface area contributed by atoms with Crippen molar-refractivity contribution in [2.45, 2.75) is 32.6 Å². The molecule has 0 radical (unpaired) electrons. The number of benzene rings is 1. The van der Waals surface area contributed by atoms with Crippen molar-refractivity contribution in [3.63, 3.8) is 0 Å². The SMILES string of the molecule is CCCCC1Cc2cccc(-c3ccco3)c2C1=O. The van der Waals surface area contributed by atoms with Crippen molar-refractivity contribution in [2.24, 2.45) is 5.92 Å². The first-order valence-electron chi connectivity index (χ1n) is 7.01. The normalized spacial score (nSPS) is 17.7. The van der Waals surface area contributed by atoms with Crippen LogP contribution in [0.1, 0.15) is 42.1 Å². The highest BCUT2D eigenvalue weighted by atomic mass is 16.3. The van der Waals surface area contributed by atoms with E-state index in [1.54, 1.807) is 6.26 Å². The molecule has 1 aromatic heterocycles. The molecule has 0 amide bonds. The first kappa shape index (κ1) is 12.2. The summed E-state index contributed by atoms with van der Waals surface area (Å²) in [6.07, 6.45) is 5.82. The zero-order valence-corrected chi connectivity index (χ0v) is 11.2. The molecular formula is C17H18O2. The number of hydrogen-bond acceptors (Lipinski definition) is 2. The van der Waals surface area contributed by atoms with E-state index < -0.39 is 0 Å². The summed E-state index contributed by atoms with van der Waals surface area (Å²) in [5.41, 5.74) is 3.02. The van der Waals surface area contributed by atoms with Gasteiger partial charge < -0.3 is 4.42 Å². The van der Waals surface area contributed by atoms with Crippen LogP contribution in [0.3, 0.4) is 0 Å². The predicted molar refractivity (Wildman–Crippen MR) is 75.2 cm³/mol. The molecule has 0 N–H and O–H groups in total. The molecule has 2 heteroatoms. The summed E-state index contributed by atoms with van der Waals surface area (Å²) >= 11 is 0. The van der Waals surface area contributed by atoms with E-state index in [1.807, 2.05) is 24.3 Å². The van der Waals surface area contributed by atoms with Gasteiger partial charge in [-0.15, -0.1) is 0 Å². The van der Waals surface area contributed by atoms with Crippen molar-refractivity contribution in [3.05, 3.63) is 47.7 Å². The molecule has 0 saturated carbocycles. The van der Waals surface area contributed by atoms with Gasteiger partial charge in [-0.05, 0) is 30.5 Å². The second kappa shape index (κ2) is 5.04. The molecule has 0 fully saturated rings. The second-order valence-electron chi connectivity index (χ2n) is 5.22. The molecule has 2 nitrogen and oxygen atoms in total. The van der Waals surface area contributed by atoms with E-state index in [-0.39, 0.29) is 5.92 Å². The van der Waals surface area contributed by atoms with Gasteiger partial charge >= 0.3 is 0 Å². The maximum Gasteiger partial charge on any atom is 0.167 e. The Kier molecular flexibility index (Phi) is 3.24. The molecule has 1 unspecified atom stereocenters. The monoisotopic (exact) mass is 254 g/mol. The van der Waals surface area contributed by atoms with Gasteiger partial charge in [0.15, 0.2) is 5.78 Å². The fourth-order valence-electron chi connectivity index (χ4n) is 2.94. The van der Waals surface area contributed by atoms with Crippen LogP contribution in [0.15, 0.2) is 41.0 Å². The Morgan fingerprint density at radius 1 is 1.26 bits per heavy atom. The molecule has 2 aromatic rings. The highest BCUT2D eigenvalue weighted by Crippen LogP contribution is 2.36. The van der Waals surface area contributed by atoms with Crippen molar-refractivity contribution in [2.75, 3.05) is 0 Å². The maximum atomic E-state index is 12.6. The first-order chi connectivity index (χ1) is 9.31. The van der Waals surface area contributed by atoms with E-state index in [1.165, 1.54) is 5.56 Å². The zero-order valence-electron chi connectivity index (χ0n) is 11.2. The summed E-state index contributed by atoms with van der Waals surface area (Å²) in [5.74, 6) is 1.27. The molecule has 0 saturated heterocycles. The molecule has 1 heterocycles. The largest absolute Gasteiger partial charge is 0.464 e. The number of ketones is 1. The molecule has 1 aliphatic carbocycles. The Labute approximate surface area is 113 Å². The lowest BCUT2D eigenvalue weighted by Crippen LogP contribution is -2.09. The average Bonchev–Trinajstić information content (AvgIpc) is 3.05. The minimum absolute atomic E-state index is 0.172. The number of hydrogen-bond donors (Lipinski definition) is 0. The van der Waals surface area contributed by atoms with Crippen molar-refractivity contribution >= 4 is 5.78 Å². The summed E-state index contributed by atoms with van der Waals surface area (Å²) in [6, 6.07) is 9.86. The molecule has 3 rings (SSSR count). The van der Waals surface area contributed by atoms with Crippen LogP contribution >= 0.6 is 0 Å². The van der Waals surface area contributed by atoms with Crippen LogP contribution in [-0.2, 0) is 6.42 Å². The molecule has 0 aliphatic heterocycles. The molecule has 19 heavy (non-hydrogen) atoms. The quantitative estimate of drug-likeness (QED) is 0.804. The third kappa shape index (κ3) is 2.12. The summed E-state index contributed by atoms with van der Waals surface area (Å²) in [7, 11) is 0. The van der Waals surface area contributed by atoms with Crippen LogP contribution < -0.4 is 0 Å². The first-order valence-corrected chi connectivity index (χ1v) is 7.01. The van der Waals surface area contributed by atoms with Crippen molar-refractivity contribution in [3.8, 4) is 11.3 Å². The van der Waals surface area contributed by atoms with Gasteiger partial charge in [0.05, 0.1) is 6.26 Å². The summed E-state index contributed by atoms with van der Waals surface area (Å²) in [4.78, 5) is 12.6. The number of furan rings is 1. The van der Waals surface area contributed by atoms with Crippen LogP contribution in [0.2, 0.25) is 0 Å². The number of carbonyl (C=O) groups excluding carboxylic acids is 1.